The molecule has 1 rings (SSSR count). The van der Waals surface area contributed by atoms with Crippen molar-refractivity contribution >= 4 is 17.7 Å². The van der Waals surface area contributed by atoms with E-state index in [9.17, 15) is 14.7 Å². The van der Waals surface area contributed by atoms with Gasteiger partial charge in [0.15, 0.2) is 0 Å². The van der Waals surface area contributed by atoms with Crippen LogP contribution in [0.2, 0.25) is 0 Å². The van der Waals surface area contributed by atoms with E-state index in [1.165, 1.54) is 24.3 Å². The third kappa shape index (κ3) is 5.33. The lowest BCUT2D eigenvalue weighted by atomic mass is 9.90. The Morgan fingerprint density at radius 2 is 1.81 bits per heavy atom. The Kier molecular flexibility index (Phi) is 5.58. The van der Waals surface area contributed by atoms with Gasteiger partial charge in [-0.05, 0) is 36.1 Å². The molecule has 0 heterocycles. The molecule has 3 N–H and O–H groups in total. The average Bonchev–Trinajstić information content (AvgIpc) is 2.43. The standard InChI is InChI=1S/C15H22N2O4/c1-4-15(2,3)10-16-14(21)17(9-13(19)20)11-5-7-12(18)8-6-11/h5-8,18H,4,9-10H2,1-3H3,(H,16,21)(H,19,20). The Balaban J connectivity index is 2.84. The monoisotopic (exact) mass is 294 g/mol. The molecule has 6 nitrogen and oxygen atoms in total. The Morgan fingerprint density at radius 3 is 2.29 bits per heavy atom. The maximum Gasteiger partial charge on any atom is 0.323 e. The zero-order valence-corrected chi connectivity index (χ0v) is 12.6. The van der Waals surface area contributed by atoms with Crippen LogP contribution in [0.1, 0.15) is 27.2 Å². The van der Waals surface area contributed by atoms with Crippen LogP contribution in [0.4, 0.5) is 10.5 Å². The Hall–Kier alpha value is -2.24. The minimum atomic E-state index is -1.10. The van der Waals surface area contributed by atoms with Crippen LogP contribution in [0.5, 0.6) is 5.75 Å². The summed E-state index contributed by atoms with van der Waals surface area (Å²) in [4.78, 5) is 24.3. The van der Waals surface area contributed by atoms with Gasteiger partial charge in [0, 0.05) is 12.2 Å². The van der Waals surface area contributed by atoms with Gasteiger partial charge >= 0.3 is 12.0 Å². The largest absolute Gasteiger partial charge is 0.508 e. The van der Waals surface area contributed by atoms with Gasteiger partial charge in [-0.1, -0.05) is 20.8 Å². The number of hydrogen-bond acceptors (Lipinski definition) is 3. The number of carbonyl (C=O) groups excluding carboxylic acids is 1. The van der Waals surface area contributed by atoms with E-state index in [2.05, 4.69) is 5.32 Å². The van der Waals surface area contributed by atoms with Gasteiger partial charge in [0.25, 0.3) is 0 Å². The van der Waals surface area contributed by atoms with Gasteiger partial charge in [0.2, 0.25) is 0 Å². The molecule has 2 amide bonds. The average molecular weight is 294 g/mol. The minimum Gasteiger partial charge on any atom is -0.508 e. The molecule has 116 valence electrons. The molecular formula is C15H22N2O4. The van der Waals surface area contributed by atoms with Crippen molar-refractivity contribution in [3.8, 4) is 5.75 Å². The maximum absolute atomic E-state index is 12.2. The Bertz CT molecular complexity index is 497. The molecule has 0 fully saturated rings. The van der Waals surface area contributed by atoms with E-state index in [4.69, 9.17) is 5.11 Å². The molecular weight excluding hydrogens is 272 g/mol. The van der Waals surface area contributed by atoms with E-state index < -0.39 is 18.5 Å². The van der Waals surface area contributed by atoms with Gasteiger partial charge in [0.1, 0.15) is 12.3 Å². The van der Waals surface area contributed by atoms with Crippen LogP contribution in [0, 0.1) is 5.41 Å². The van der Waals surface area contributed by atoms with Crippen molar-refractivity contribution < 1.29 is 19.8 Å². The van der Waals surface area contributed by atoms with Gasteiger partial charge < -0.3 is 15.5 Å². The van der Waals surface area contributed by atoms with Crippen LogP contribution in [-0.2, 0) is 4.79 Å². The Labute approximate surface area is 124 Å². The number of aliphatic carboxylic acids is 1. The molecule has 0 bridgehead atoms. The van der Waals surface area contributed by atoms with Gasteiger partial charge in [-0.2, -0.15) is 0 Å². The fourth-order valence-electron chi connectivity index (χ4n) is 1.58. The summed E-state index contributed by atoms with van der Waals surface area (Å²) in [6.45, 7) is 6.09. The molecule has 21 heavy (non-hydrogen) atoms. The van der Waals surface area contributed by atoms with E-state index >= 15 is 0 Å². The van der Waals surface area contributed by atoms with Crippen molar-refractivity contribution in [1.82, 2.24) is 5.32 Å². The third-order valence-electron chi connectivity index (χ3n) is 3.38. The lowest BCUT2D eigenvalue weighted by Crippen LogP contribution is -2.45. The molecule has 0 radical (unpaired) electrons. The number of carboxylic acid groups (broad SMARTS) is 1. The summed E-state index contributed by atoms with van der Waals surface area (Å²) in [5.74, 6) is -1.05. The molecule has 0 unspecified atom stereocenters. The van der Waals surface area contributed by atoms with Crippen molar-refractivity contribution in [2.75, 3.05) is 18.0 Å². The minimum absolute atomic E-state index is 0.0560. The molecule has 1 aromatic rings. The highest BCUT2D eigenvalue weighted by atomic mass is 16.4. The number of hydrogen-bond donors (Lipinski definition) is 3. The highest BCUT2D eigenvalue weighted by Crippen LogP contribution is 2.20. The van der Waals surface area contributed by atoms with Crippen LogP contribution >= 0.6 is 0 Å². The summed E-state index contributed by atoms with van der Waals surface area (Å²) in [5.41, 5.74) is 0.362. The number of anilines is 1. The molecule has 6 heteroatoms. The zero-order chi connectivity index (χ0) is 16.0. The molecule has 0 spiro atoms. The van der Waals surface area contributed by atoms with E-state index in [1.54, 1.807) is 0 Å². The van der Waals surface area contributed by atoms with Crippen LogP contribution in [-0.4, -0.2) is 35.3 Å². The number of benzene rings is 1. The lowest BCUT2D eigenvalue weighted by Gasteiger charge is -2.26. The van der Waals surface area contributed by atoms with Crippen molar-refractivity contribution in [1.29, 1.82) is 0 Å². The van der Waals surface area contributed by atoms with Crippen molar-refractivity contribution in [3.63, 3.8) is 0 Å². The van der Waals surface area contributed by atoms with Crippen LogP contribution in [0.15, 0.2) is 24.3 Å². The van der Waals surface area contributed by atoms with Crippen molar-refractivity contribution in [2.24, 2.45) is 5.41 Å². The molecule has 0 saturated heterocycles. The highest BCUT2D eigenvalue weighted by molar-refractivity contribution is 5.96. The number of aromatic hydroxyl groups is 1. The Morgan fingerprint density at radius 1 is 1.24 bits per heavy atom. The normalized spacial score (nSPS) is 11.0. The van der Waals surface area contributed by atoms with Gasteiger partial charge in [0.05, 0.1) is 0 Å². The number of rotatable bonds is 6. The fraction of sp³-hybridized carbons (Fsp3) is 0.467. The summed E-state index contributed by atoms with van der Waals surface area (Å²) in [6, 6.07) is 5.36. The summed E-state index contributed by atoms with van der Waals surface area (Å²) in [7, 11) is 0. The molecule has 1 aromatic carbocycles. The summed E-state index contributed by atoms with van der Waals surface area (Å²) in [5, 5.41) is 21.0. The van der Waals surface area contributed by atoms with Crippen molar-refractivity contribution in [3.05, 3.63) is 24.3 Å². The predicted octanol–water partition coefficient (Wildman–Crippen LogP) is 2.43. The van der Waals surface area contributed by atoms with Crippen LogP contribution < -0.4 is 10.2 Å². The van der Waals surface area contributed by atoms with E-state index in [-0.39, 0.29) is 11.2 Å². The molecule has 0 aromatic heterocycles. The second-order valence-electron chi connectivity index (χ2n) is 5.67. The van der Waals surface area contributed by atoms with Gasteiger partial charge in [-0.25, -0.2) is 4.79 Å². The quantitative estimate of drug-likeness (QED) is 0.751. The molecule has 0 saturated carbocycles. The van der Waals surface area contributed by atoms with Crippen LogP contribution in [0.3, 0.4) is 0 Å². The summed E-state index contributed by atoms with van der Waals surface area (Å²) in [6.07, 6.45) is 0.894. The van der Waals surface area contributed by atoms with E-state index in [0.29, 0.717) is 12.2 Å². The number of urea groups is 1. The molecule has 0 atom stereocenters. The number of nitrogens with zero attached hydrogens (tertiary/aromatic N) is 1. The lowest BCUT2D eigenvalue weighted by molar-refractivity contribution is -0.135. The predicted molar refractivity (Wildman–Crippen MR) is 80.6 cm³/mol. The molecule has 0 aliphatic rings. The smallest absolute Gasteiger partial charge is 0.323 e. The number of carboxylic acids is 1. The first kappa shape index (κ1) is 16.8. The number of nitrogens with one attached hydrogen (secondary N) is 1. The maximum atomic E-state index is 12.2. The molecule has 0 aliphatic carbocycles. The zero-order valence-electron chi connectivity index (χ0n) is 12.6. The second-order valence-corrected chi connectivity index (χ2v) is 5.67. The summed E-state index contributed by atoms with van der Waals surface area (Å²) >= 11 is 0. The number of amides is 2. The highest BCUT2D eigenvalue weighted by Gasteiger charge is 2.22. The van der Waals surface area contributed by atoms with E-state index in [1.807, 2.05) is 20.8 Å². The third-order valence-corrected chi connectivity index (χ3v) is 3.38. The first-order valence-electron chi connectivity index (χ1n) is 6.81. The summed E-state index contributed by atoms with van der Waals surface area (Å²) < 4.78 is 0. The topological polar surface area (TPSA) is 89.9 Å². The van der Waals surface area contributed by atoms with E-state index in [0.717, 1.165) is 11.3 Å². The molecule has 0 aliphatic heterocycles. The number of phenolic OH excluding ortho intramolecular Hbond substituents is 1. The second kappa shape index (κ2) is 6.97. The number of carbonyl (C=O) groups is 2. The van der Waals surface area contributed by atoms with Gasteiger partial charge in [-0.15, -0.1) is 0 Å². The van der Waals surface area contributed by atoms with Gasteiger partial charge in [-0.3, -0.25) is 9.69 Å². The fourth-order valence-corrected chi connectivity index (χ4v) is 1.58. The SMILES string of the molecule is CCC(C)(C)CNC(=O)N(CC(=O)O)c1ccc(O)cc1. The number of phenols is 1. The first-order valence-corrected chi connectivity index (χ1v) is 6.81. The first-order chi connectivity index (χ1) is 9.75. The van der Waals surface area contributed by atoms with Crippen molar-refractivity contribution in [2.45, 2.75) is 27.2 Å². The van der Waals surface area contributed by atoms with Crippen LogP contribution in [0.25, 0.3) is 0 Å².